The van der Waals surface area contributed by atoms with Crippen LogP contribution in [-0.4, -0.2) is 31.7 Å². The fourth-order valence-corrected chi connectivity index (χ4v) is 0.536. The number of carbonyl (C=O) groups is 1. The monoisotopic (exact) mass is 131 g/mol. The molecule has 0 rings (SSSR count). The smallest absolute Gasteiger partial charge is 0.223 e. The number of hydrogen-bond acceptors (Lipinski definition) is 2. The van der Waals surface area contributed by atoms with Crippen LogP contribution >= 0.6 is 0 Å². The fourth-order valence-electron chi connectivity index (χ4n) is 0.536. The molecular formula is C6H13NO2. The van der Waals surface area contributed by atoms with Gasteiger partial charge in [-0.15, -0.1) is 0 Å². The third-order valence-electron chi connectivity index (χ3n) is 1.05. The molecule has 54 valence electrons. The predicted octanol–water partition coefficient (Wildman–Crippen LogP) is 0.459. The first-order valence-corrected chi connectivity index (χ1v) is 2.95. The number of amides is 1. The van der Waals surface area contributed by atoms with Crippen molar-refractivity contribution in [3.8, 4) is 0 Å². The Balaban J connectivity index is 3.45. The summed E-state index contributed by atoms with van der Waals surface area (Å²) in [6.45, 7) is 2.21. The number of rotatable bonds is 3. The molecule has 0 fully saturated rings. The van der Waals surface area contributed by atoms with Crippen molar-refractivity contribution < 1.29 is 9.53 Å². The van der Waals surface area contributed by atoms with Crippen molar-refractivity contribution in [3.63, 3.8) is 0 Å². The zero-order valence-corrected chi connectivity index (χ0v) is 6.18. The standard InChI is InChI=1S/C6H13NO2/c1-4-6(8)7(2)5-9-3/h4-5H2,1-3H3. The number of ether oxygens (including phenoxy) is 1. The van der Waals surface area contributed by atoms with Gasteiger partial charge in [-0.25, -0.2) is 0 Å². The fraction of sp³-hybridized carbons (Fsp3) is 0.833. The minimum atomic E-state index is 0.108. The summed E-state index contributed by atoms with van der Waals surface area (Å²) in [6.07, 6.45) is 0.542. The van der Waals surface area contributed by atoms with E-state index in [0.29, 0.717) is 13.2 Å². The van der Waals surface area contributed by atoms with E-state index >= 15 is 0 Å². The Labute approximate surface area is 55.6 Å². The lowest BCUT2D eigenvalue weighted by Crippen LogP contribution is -2.27. The van der Waals surface area contributed by atoms with E-state index < -0.39 is 0 Å². The molecule has 1 amide bonds. The van der Waals surface area contributed by atoms with Crippen molar-refractivity contribution in [3.05, 3.63) is 0 Å². The summed E-state index contributed by atoms with van der Waals surface area (Å²) in [5, 5.41) is 0. The topological polar surface area (TPSA) is 29.5 Å². The van der Waals surface area contributed by atoms with Gasteiger partial charge in [0.25, 0.3) is 0 Å². The molecule has 0 aromatic heterocycles. The van der Waals surface area contributed by atoms with Gasteiger partial charge in [-0.05, 0) is 0 Å². The molecule has 0 bridgehead atoms. The van der Waals surface area contributed by atoms with Crippen LogP contribution in [-0.2, 0) is 9.53 Å². The van der Waals surface area contributed by atoms with Gasteiger partial charge in [0, 0.05) is 20.6 Å². The van der Waals surface area contributed by atoms with Crippen LogP contribution in [0.15, 0.2) is 0 Å². The van der Waals surface area contributed by atoms with E-state index in [1.165, 1.54) is 0 Å². The van der Waals surface area contributed by atoms with Gasteiger partial charge < -0.3 is 9.64 Å². The Hall–Kier alpha value is -0.570. The minimum absolute atomic E-state index is 0.108. The molecule has 9 heavy (non-hydrogen) atoms. The summed E-state index contributed by atoms with van der Waals surface area (Å²) in [7, 11) is 3.29. The summed E-state index contributed by atoms with van der Waals surface area (Å²) in [4.78, 5) is 12.3. The Bertz CT molecular complexity index is 93.1. The molecule has 0 radical (unpaired) electrons. The number of carbonyl (C=O) groups excluding carboxylic acids is 1. The number of nitrogens with zero attached hydrogens (tertiary/aromatic N) is 1. The van der Waals surface area contributed by atoms with E-state index in [1.54, 1.807) is 19.1 Å². The summed E-state index contributed by atoms with van der Waals surface area (Å²) in [5.41, 5.74) is 0. The van der Waals surface area contributed by atoms with Crippen molar-refractivity contribution in [2.75, 3.05) is 20.9 Å². The van der Waals surface area contributed by atoms with E-state index in [1.807, 2.05) is 6.92 Å². The number of methoxy groups -OCH3 is 1. The highest BCUT2D eigenvalue weighted by molar-refractivity contribution is 5.75. The molecule has 0 aliphatic rings. The third kappa shape index (κ3) is 3.08. The van der Waals surface area contributed by atoms with Crippen LogP contribution in [0, 0.1) is 0 Å². The largest absolute Gasteiger partial charge is 0.364 e. The molecule has 0 saturated heterocycles. The lowest BCUT2D eigenvalue weighted by Gasteiger charge is -2.13. The molecule has 0 aliphatic carbocycles. The average molecular weight is 131 g/mol. The van der Waals surface area contributed by atoms with Gasteiger partial charge in [0.15, 0.2) is 0 Å². The van der Waals surface area contributed by atoms with Gasteiger partial charge in [-0.2, -0.15) is 0 Å². The van der Waals surface area contributed by atoms with Crippen LogP contribution in [0.4, 0.5) is 0 Å². The van der Waals surface area contributed by atoms with Gasteiger partial charge in [0.05, 0.1) is 0 Å². The van der Waals surface area contributed by atoms with Crippen LogP contribution in [0.25, 0.3) is 0 Å². The normalized spacial score (nSPS) is 9.22. The lowest BCUT2D eigenvalue weighted by atomic mass is 10.4. The molecule has 0 aliphatic heterocycles. The summed E-state index contributed by atoms with van der Waals surface area (Å²) >= 11 is 0. The van der Waals surface area contributed by atoms with Crippen molar-refractivity contribution in [2.45, 2.75) is 13.3 Å². The summed E-state index contributed by atoms with van der Waals surface area (Å²) < 4.78 is 4.73. The van der Waals surface area contributed by atoms with E-state index in [-0.39, 0.29) is 5.91 Å². The van der Waals surface area contributed by atoms with Crippen LogP contribution < -0.4 is 0 Å². The highest BCUT2D eigenvalue weighted by Crippen LogP contribution is 1.87. The molecule has 0 N–H and O–H groups in total. The van der Waals surface area contributed by atoms with Gasteiger partial charge in [-0.1, -0.05) is 6.92 Å². The summed E-state index contributed by atoms with van der Waals surface area (Å²) in [6, 6.07) is 0. The van der Waals surface area contributed by atoms with Crippen molar-refractivity contribution in [1.82, 2.24) is 4.90 Å². The van der Waals surface area contributed by atoms with Crippen LogP contribution in [0.2, 0.25) is 0 Å². The second-order valence-corrected chi connectivity index (χ2v) is 1.86. The first kappa shape index (κ1) is 8.43. The Morgan fingerprint density at radius 2 is 2.22 bits per heavy atom. The lowest BCUT2D eigenvalue weighted by molar-refractivity contribution is -0.133. The highest BCUT2D eigenvalue weighted by Gasteiger charge is 2.02. The van der Waals surface area contributed by atoms with E-state index in [0.717, 1.165) is 0 Å². The molecule has 0 aromatic carbocycles. The van der Waals surface area contributed by atoms with Gasteiger partial charge in [0.2, 0.25) is 5.91 Å². The molecule has 0 spiro atoms. The molecule has 0 aromatic rings. The Kier molecular flexibility index (Phi) is 4.05. The molecule has 0 saturated carbocycles. The highest BCUT2D eigenvalue weighted by atomic mass is 16.5. The van der Waals surface area contributed by atoms with Crippen molar-refractivity contribution >= 4 is 5.91 Å². The molecule has 0 atom stereocenters. The van der Waals surface area contributed by atoms with Crippen LogP contribution in [0.5, 0.6) is 0 Å². The zero-order chi connectivity index (χ0) is 7.28. The second-order valence-electron chi connectivity index (χ2n) is 1.86. The minimum Gasteiger partial charge on any atom is -0.364 e. The van der Waals surface area contributed by atoms with Crippen molar-refractivity contribution in [1.29, 1.82) is 0 Å². The predicted molar refractivity (Wildman–Crippen MR) is 34.9 cm³/mol. The maximum atomic E-state index is 10.7. The molecular weight excluding hydrogens is 118 g/mol. The zero-order valence-electron chi connectivity index (χ0n) is 6.18. The van der Waals surface area contributed by atoms with E-state index in [2.05, 4.69) is 0 Å². The Morgan fingerprint density at radius 1 is 1.67 bits per heavy atom. The molecule has 3 heteroatoms. The molecule has 0 heterocycles. The third-order valence-corrected chi connectivity index (χ3v) is 1.05. The van der Waals surface area contributed by atoms with Gasteiger partial charge in [-0.3, -0.25) is 4.79 Å². The average Bonchev–Trinajstić information content (AvgIpc) is 1.87. The van der Waals surface area contributed by atoms with Gasteiger partial charge >= 0.3 is 0 Å². The quantitative estimate of drug-likeness (QED) is 0.521. The maximum Gasteiger partial charge on any atom is 0.223 e. The van der Waals surface area contributed by atoms with E-state index in [4.69, 9.17) is 4.74 Å². The van der Waals surface area contributed by atoms with Gasteiger partial charge in [0.1, 0.15) is 6.73 Å². The molecule has 0 unspecified atom stereocenters. The first-order valence-electron chi connectivity index (χ1n) is 2.95. The maximum absolute atomic E-state index is 10.7. The molecule has 3 nitrogen and oxygen atoms in total. The van der Waals surface area contributed by atoms with E-state index in [9.17, 15) is 4.79 Å². The SMILES string of the molecule is CCC(=O)N(C)COC. The Morgan fingerprint density at radius 3 is 2.56 bits per heavy atom. The second kappa shape index (κ2) is 4.32. The number of hydrogen-bond donors (Lipinski definition) is 0. The summed E-state index contributed by atoms with van der Waals surface area (Å²) in [5.74, 6) is 0.108. The van der Waals surface area contributed by atoms with Crippen LogP contribution in [0.3, 0.4) is 0 Å². The van der Waals surface area contributed by atoms with Crippen molar-refractivity contribution in [2.24, 2.45) is 0 Å². The first-order chi connectivity index (χ1) is 4.22. The van der Waals surface area contributed by atoms with Crippen LogP contribution in [0.1, 0.15) is 13.3 Å².